The van der Waals surface area contributed by atoms with Gasteiger partial charge in [-0.25, -0.2) is 4.98 Å². The van der Waals surface area contributed by atoms with Gasteiger partial charge in [0, 0.05) is 18.8 Å². The maximum Gasteiger partial charge on any atom is 0.139 e. The zero-order valence-electron chi connectivity index (χ0n) is 12.8. The average molecular weight is 299 g/mol. The predicted octanol–water partition coefficient (Wildman–Crippen LogP) is 3.36. The van der Waals surface area contributed by atoms with Crippen LogP contribution in [0.1, 0.15) is 29.3 Å². The molecule has 1 heterocycles. The third-order valence-electron chi connectivity index (χ3n) is 3.47. The second kappa shape index (κ2) is 6.68. The minimum absolute atomic E-state index is 0.404. The molecule has 2 rings (SSSR count). The van der Waals surface area contributed by atoms with E-state index >= 15 is 0 Å². The highest BCUT2D eigenvalue weighted by Crippen LogP contribution is 2.24. The third-order valence-corrected chi connectivity index (χ3v) is 3.67. The Morgan fingerprint density at radius 1 is 1.24 bits per heavy atom. The molecule has 0 aliphatic rings. The molecule has 0 saturated heterocycles. The lowest BCUT2D eigenvalue weighted by Crippen LogP contribution is -2.27. The fraction of sp³-hybridized carbons (Fsp3) is 0.294. The number of pyridine rings is 1. The third kappa shape index (κ3) is 3.58. The minimum Gasteiger partial charge on any atom is -0.389 e. The van der Waals surface area contributed by atoms with Gasteiger partial charge in [-0.1, -0.05) is 42.5 Å². The van der Waals surface area contributed by atoms with Crippen molar-refractivity contribution in [1.82, 2.24) is 4.98 Å². The molecule has 0 spiro atoms. The number of aryl methyl sites for hydroxylation is 2. The Morgan fingerprint density at radius 3 is 2.48 bits per heavy atom. The summed E-state index contributed by atoms with van der Waals surface area (Å²) in [5.41, 5.74) is 10.1. The van der Waals surface area contributed by atoms with Crippen LogP contribution < -0.4 is 10.6 Å². The molecule has 21 heavy (non-hydrogen) atoms. The first-order valence-electron chi connectivity index (χ1n) is 7.09. The maximum absolute atomic E-state index is 5.92. The normalized spacial score (nSPS) is 10.4. The van der Waals surface area contributed by atoms with Crippen molar-refractivity contribution in [3.05, 3.63) is 58.8 Å². The lowest BCUT2D eigenvalue weighted by atomic mass is 10.1. The van der Waals surface area contributed by atoms with E-state index in [2.05, 4.69) is 28.9 Å². The number of nitrogens with zero attached hydrogens (tertiary/aromatic N) is 2. The topological polar surface area (TPSA) is 42.2 Å². The Hall–Kier alpha value is -1.94. The molecule has 0 radical (unpaired) electrons. The predicted molar refractivity (Wildman–Crippen MR) is 92.8 cm³/mol. The van der Waals surface area contributed by atoms with Crippen molar-refractivity contribution in [3.63, 3.8) is 0 Å². The summed E-state index contributed by atoms with van der Waals surface area (Å²) in [6.07, 6.45) is 0. The standard InChI is InChI=1S/C17H21N3S/c1-4-20(11-14-8-6-5-7-9-14)17-15(16(18)21)12(2)10-13(3)19-17/h5-10H,4,11H2,1-3H3,(H2,18,21). The zero-order chi connectivity index (χ0) is 15.4. The monoisotopic (exact) mass is 299 g/mol. The van der Waals surface area contributed by atoms with Crippen molar-refractivity contribution in [1.29, 1.82) is 0 Å². The van der Waals surface area contributed by atoms with Gasteiger partial charge in [0.25, 0.3) is 0 Å². The highest BCUT2D eigenvalue weighted by atomic mass is 32.1. The Bertz CT molecular complexity index is 638. The van der Waals surface area contributed by atoms with E-state index in [-0.39, 0.29) is 0 Å². The molecule has 0 saturated carbocycles. The van der Waals surface area contributed by atoms with Gasteiger partial charge in [0.1, 0.15) is 10.8 Å². The van der Waals surface area contributed by atoms with Crippen LogP contribution in [0.3, 0.4) is 0 Å². The van der Waals surface area contributed by atoms with Crippen molar-refractivity contribution in [2.75, 3.05) is 11.4 Å². The van der Waals surface area contributed by atoms with E-state index in [1.54, 1.807) is 0 Å². The second-order valence-electron chi connectivity index (χ2n) is 5.14. The largest absolute Gasteiger partial charge is 0.389 e. The van der Waals surface area contributed by atoms with Gasteiger partial charge in [0.05, 0.1) is 5.56 Å². The summed E-state index contributed by atoms with van der Waals surface area (Å²) in [7, 11) is 0. The highest BCUT2D eigenvalue weighted by molar-refractivity contribution is 7.80. The quantitative estimate of drug-likeness (QED) is 0.860. The van der Waals surface area contributed by atoms with Crippen LogP contribution in [0.4, 0.5) is 5.82 Å². The second-order valence-corrected chi connectivity index (χ2v) is 5.58. The fourth-order valence-electron chi connectivity index (χ4n) is 2.49. The van der Waals surface area contributed by atoms with Crippen molar-refractivity contribution in [3.8, 4) is 0 Å². The number of anilines is 1. The van der Waals surface area contributed by atoms with Crippen LogP contribution in [-0.2, 0) is 6.54 Å². The van der Waals surface area contributed by atoms with Crippen LogP contribution in [0.25, 0.3) is 0 Å². The van der Waals surface area contributed by atoms with Gasteiger partial charge in [-0.15, -0.1) is 0 Å². The van der Waals surface area contributed by atoms with Crippen LogP contribution >= 0.6 is 12.2 Å². The molecule has 0 aliphatic heterocycles. The maximum atomic E-state index is 5.92. The summed E-state index contributed by atoms with van der Waals surface area (Å²) in [4.78, 5) is 7.30. The summed E-state index contributed by atoms with van der Waals surface area (Å²) in [6, 6.07) is 12.4. The molecule has 0 unspecified atom stereocenters. The number of hydrogen-bond donors (Lipinski definition) is 1. The van der Waals surface area contributed by atoms with Crippen molar-refractivity contribution < 1.29 is 0 Å². The summed E-state index contributed by atoms with van der Waals surface area (Å²) in [5.74, 6) is 0.881. The lowest BCUT2D eigenvalue weighted by molar-refractivity contribution is 0.808. The number of hydrogen-bond acceptors (Lipinski definition) is 3. The highest BCUT2D eigenvalue weighted by Gasteiger charge is 2.17. The molecule has 110 valence electrons. The van der Waals surface area contributed by atoms with Gasteiger partial charge in [0.2, 0.25) is 0 Å². The average Bonchev–Trinajstić information content (AvgIpc) is 2.44. The van der Waals surface area contributed by atoms with Crippen molar-refractivity contribution in [2.24, 2.45) is 5.73 Å². The molecule has 2 N–H and O–H groups in total. The first kappa shape index (κ1) is 15.4. The van der Waals surface area contributed by atoms with Crippen molar-refractivity contribution >= 4 is 23.0 Å². The molecule has 0 amide bonds. The molecule has 1 aromatic carbocycles. The molecule has 1 aromatic heterocycles. The molecule has 0 atom stereocenters. The van der Waals surface area contributed by atoms with Gasteiger partial charge < -0.3 is 10.6 Å². The zero-order valence-corrected chi connectivity index (χ0v) is 13.6. The summed E-state index contributed by atoms with van der Waals surface area (Å²) < 4.78 is 0. The Morgan fingerprint density at radius 2 is 1.90 bits per heavy atom. The van der Waals surface area contributed by atoms with E-state index in [9.17, 15) is 0 Å². The van der Waals surface area contributed by atoms with Gasteiger partial charge >= 0.3 is 0 Å². The first-order valence-corrected chi connectivity index (χ1v) is 7.50. The summed E-state index contributed by atoms with van der Waals surface area (Å²) >= 11 is 5.22. The van der Waals surface area contributed by atoms with Gasteiger partial charge in [0.15, 0.2) is 0 Å². The SMILES string of the molecule is CCN(Cc1ccccc1)c1nc(C)cc(C)c1C(N)=S. The minimum atomic E-state index is 0.404. The molecule has 3 nitrogen and oxygen atoms in total. The van der Waals surface area contributed by atoms with Crippen LogP contribution in [0, 0.1) is 13.8 Å². The van der Waals surface area contributed by atoms with E-state index in [4.69, 9.17) is 18.0 Å². The van der Waals surface area contributed by atoms with E-state index in [1.807, 2.05) is 38.1 Å². The number of thiocarbonyl (C=S) groups is 1. The molecule has 0 fully saturated rings. The molecule has 2 aromatic rings. The van der Waals surface area contributed by atoms with Crippen LogP contribution in [-0.4, -0.2) is 16.5 Å². The van der Waals surface area contributed by atoms with Crippen molar-refractivity contribution in [2.45, 2.75) is 27.3 Å². The van der Waals surface area contributed by atoms with Gasteiger partial charge in [-0.2, -0.15) is 0 Å². The summed E-state index contributed by atoms with van der Waals surface area (Å²) in [6.45, 7) is 7.79. The molecular weight excluding hydrogens is 278 g/mol. The first-order chi connectivity index (χ1) is 10.0. The Balaban J connectivity index is 2.44. The number of rotatable bonds is 5. The summed E-state index contributed by atoms with van der Waals surface area (Å²) in [5, 5.41) is 0. The molecule has 4 heteroatoms. The Labute approximate surface area is 131 Å². The van der Waals surface area contributed by atoms with Gasteiger partial charge in [-0.05, 0) is 38.0 Å². The smallest absolute Gasteiger partial charge is 0.139 e. The molecule has 0 bridgehead atoms. The van der Waals surface area contributed by atoms with Crippen LogP contribution in [0.5, 0.6) is 0 Å². The van der Waals surface area contributed by atoms with E-state index in [0.717, 1.165) is 35.7 Å². The lowest BCUT2D eigenvalue weighted by Gasteiger charge is -2.25. The van der Waals surface area contributed by atoms with Crippen LogP contribution in [0.15, 0.2) is 36.4 Å². The molecular formula is C17H21N3S. The van der Waals surface area contributed by atoms with E-state index in [0.29, 0.717) is 4.99 Å². The fourth-order valence-corrected chi connectivity index (χ4v) is 2.74. The van der Waals surface area contributed by atoms with E-state index < -0.39 is 0 Å². The molecule has 0 aliphatic carbocycles. The Kier molecular flexibility index (Phi) is 4.91. The number of aromatic nitrogens is 1. The number of nitrogens with two attached hydrogens (primary N) is 1. The number of benzene rings is 1. The van der Waals surface area contributed by atoms with Crippen LogP contribution in [0.2, 0.25) is 0 Å². The van der Waals surface area contributed by atoms with Gasteiger partial charge in [-0.3, -0.25) is 0 Å². The van der Waals surface area contributed by atoms with E-state index in [1.165, 1.54) is 5.56 Å².